The maximum Gasteiger partial charge on any atom is 0.301 e. The molecule has 4 aromatic rings. The van der Waals surface area contributed by atoms with Crippen LogP contribution in [0.3, 0.4) is 0 Å². The Balaban J connectivity index is 1.57. The molecule has 9 nitrogen and oxygen atoms in total. The van der Waals surface area contributed by atoms with Crippen molar-refractivity contribution in [1.29, 1.82) is 0 Å². The third-order valence-corrected chi connectivity index (χ3v) is 8.94. The average Bonchev–Trinajstić information content (AvgIpc) is 3.55. The van der Waals surface area contributed by atoms with Crippen molar-refractivity contribution in [2.75, 3.05) is 18.1 Å². The molecule has 0 saturated carbocycles. The highest BCUT2D eigenvalue weighted by molar-refractivity contribution is 8.00. The summed E-state index contributed by atoms with van der Waals surface area (Å²) >= 11 is 14.9. The number of hydrogen-bond acceptors (Lipinski definition) is 10. The third kappa shape index (κ3) is 6.10. The maximum atomic E-state index is 13.5. The first-order chi connectivity index (χ1) is 20.3. The van der Waals surface area contributed by atoms with Crippen LogP contribution in [0.2, 0.25) is 10.0 Å². The SMILES string of the molecule is CCOc1ccc(C2C(=C(O)c3ccncc3)C(=O)C(=O)N2c2nnc(SCc3ccc(Cl)cc3Cl)s2)cc1OCC. The van der Waals surface area contributed by atoms with E-state index in [-0.39, 0.29) is 16.5 Å². The summed E-state index contributed by atoms with van der Waals surface area (Å²) in [5, 5.41) is 21.1. The summed E-state index contributed by atoms with van der Waals surface area (Å²) in [4.78, 5) is 32.3. The number of nitrogens with zero attached hydrogens (tertiary/aromatic N) is 4. The Morgan fingerprint density at radius 3 is 2.45 bits per heavy atom. The summed E-state index contributed by atoms with van der Waals surface area (Å²) < 4.78 is 12.1. The highest BCUT2D eigenvalue weighted by atomic mass is 35.5. The number of Topliss-reactive ketones (excluding diaryl/α,β-unsaturated/α-hetero) is 1. The number of carbonyl (C=O) groups excluding carboxylic acids is 2. The van der Waals surface area contributed by atoms with Gasteiger partial charge in [-0.3, -0.25) is 19.5 Å². The minimum absolute atomic E-state index is 0.0878. The number of ether oxygens (including phenoxy) is 2. The molecular formula is C29H24Cl2N4O5S2. The van der Waals surface area contributed by atoms with E-state index in [9.17, 15) is 14.7 Å². The molecule has 3 heterocycles. The summed E-state index contributed by atoms with van der Waals surface area (Å²) in [5.41, 5.74) is 1.64. The van der Waals surface area contributed by atoms with Gasteiger partial charge in [0.05, 0.1) is 24.8 Å². The maximum absolute atomic E-state index is 13.5. The van der Waals surface area contributed by atoms with E-state index in [0.717, 1.165) is 16.9 Å². The van der Waals surface area contributed by atoms with E-state index in [1.807, 2.05) is 19.9 Å². The van der Waals surface area contributed by atoms with Crippen LogP contribution in [0.1, 0.15) is 36.6 Å². The molecule has 1 atom stereocenters. The van der Waals surface area contributed by atoms with Crippen LogP contribution in [0.4, 0.5) is 5.13 Å². The largest absolute Gasteiger partial charge is 0.507 e. The molecule has 13 heteroatoms. The highest BCUT2D eigenvalue weighted by Gasteiger charge is 2.48. The number of aliphatic hydroxyl groups excluding tert-OH is 1. The molecule has 1 unspecified atom stereocenters. The Morgan fingerprint density at radius 1 is 1.00 bits per heavy atom. The van der Waals surface area contributed by atoms with Gasteiger partial charge < -0.3 is 14.6 Å². The van der Waals surface area contributed by atoms with Gasteiger partial charge in [0.1, 0.15) is 5.76 Å². The molecule has 1 aliphatic heterocycles. The predicted octanol–water partition coefficient (Wildman–Crippen LogP) is 6.96. The van der Waals surface area contributed by atoms with E-state index in [1.165, 1.54) is 29.1 Å². The smallest absolute Gasteiger partial charge is 0.301 e. The Bertz CT molecular complexity index is 1660. The molecule has 1 N–H and O–H groups in total. The van der Waals surface area contributed by atoms with Gasteiger partial charge in [0.15, 0.2) is 15.8 Å². The van der Waals surface area contributed by atoms with Crippen LogP contribution in [-0.2, 0) is 15.3 Å². The van der Waals surface area contributed by atoms with Crippen LogP contribution < -0.4 is 14.4 Å². The standard InChI is InChI=1S/C29H24Cl2N4O5S2/c1-3-39-21-8-6-17(13-22(21)40-4-2)24-23(25(36)16-9-11-32-12-10-16)26(37)27(38)35(24)28-33-34-29(42-28)41-15-18-5-7-19(30)14-20(18)31/h5-14,24,36H,3-4,15H2,1-2H3. The second-order valence-electron chi connectivity index (χ2n) is 8.85. The molecular weight excluding hydrogens is 619 g/mol. The number of halogens is 2. The molecule has 1 saturated heterocycles. The molecule has 1 fully saturated rings. The Hall–Kier alpha value is -3.64. The molecule has 1 amide bonds. The van der Waals surface area contributed by atoms with Gasteiger partial charge in [0.25, 0.3) is 5.78 Å². The molecule has 0 bridgehead atoms. The van der Waals surface area contributed by atoms with E-state index in [1.54, 1.807) is 42.5 Å². The summed E-state index contributed by atoms with van der Waals surface area (Å²) in [7, 11) is 0. The number of hydrogen-bond donors (Lipinski definition) is 1. The number of pyridine rings is 1. The van der Waals surface area contributed by atoms with E-state index in [4.69, 9.17) is 32.7 Å². The Labute approximate surface area is 260 Å². The van der Waals surface area contributed by atoms with Gasteiger partial charge in [0, 0.05) is 33.8 Å². The molecule has 216 valence electrons. The summed E-state index contributed by atoms with van der Waals surface area (Å²) in [6, 6.07) is 12.5. The lowest BCUT2D eigenvalue weighted by atomic mass is 9.95. The van der Waals surface area contributed by atoms with Gasteiger partial charge in [-0.25, -0.2) is 0 Å². The zero-order valence-electron chi connectivity index (χ0n) is 22.4. The number of benzene rings is 2. The van der Waals surface area contributed by atoms with Gasteiger partial charge in [-0.05, 0) is 61.4 Å². The Kier molecular flexibility index (Phi) is 9.32. The lowest BCUT2D eigenvalue weighted by Crippen LogP contribution is -2.29. The van der Waals surface area contributed by atoms with Crippen LogP contribution in [0.15, 0.2) is 70.8 Å². The predicted molar refractivity (Wildman–Crippen MR) is 164 cm³/mol. The number of carbonyl (C=O) groups is 2. The van der Waals surface area contributed by atoms with Crippen molar-refractivity contribution in [3.8, 4) is 11.5 Å². The van der Waals surface area contributed by atoms with E-state index in [0.29, 0.717) is 56.0 Å². The molecule has 0 radical (unpaired) electrons. The number of thioether (sulfide) groups is 1. The minimum Gasteiger partial charge on any atom is -0.507 e. The number of ketones is 1. The van der Waals surface area contributed by atoms with E-state index >= 15 is 0 Å². The average molecular weight is 644 g/mol. The quantitative estimate of drug-likeness (QED) is 0.0644. The number of rotatable bonds is 10. The zero-order valence-corrected chi connectivity index (χ0v) is 25.6. The van der Waals surface area contributed by atoms with Crippen LogP contribution in [0, 0.1) is 0 Å². The molecule has 1 aliphatic rings. The second kappa shape index (κ2) is 13.1. The lowest BCUT2D eigenvalue weighted by Gasteiger charge is -2.23. The van der Waals surface area contributed by atoms with Gasteiger partial charge in [-0.2, -0.15) is 0 Å². The van der Waals surface area contributed by atoms with Crippen molar-refractivity contribution in [2.24, 2.45) is 0 Å². The first kappa shape index (κ1) is 29.8. The van der Waals surface area contributed by atoms with E-state index < -0.39 is 17.7 Å². The lowest BCUT2D eigenvalue weighted by molar-refractivity contribution is -0.132. The number of anilines is 1. The van der Waals surface area contributed by atoms with E-state index in [2.05, 4.69) is 15.2 Å². The first-order valence-electron chi connectivity index (χ1n) is 12.8. The minimum atomic E-state index is -1.01. The molecule has 2 aromatic heterocycles. The molecule has 5 rings (SSSR count). The molecule has 0 spiro atoms. The third-order valence-electron chi connectivity index (χ3n) is 6.25. The fraction of sp³-hybridized carbons (Fsp3) is 0.207. The molecule has 0 aliphatic carbocycles. The normalized spacial score (nSPS) is 16.2. The summed E-state index contributed by atoms with van der Waals surface area (Å²) in [5.74, 6) is -0.559. The molecule has 42 heavy (non-hydrogen) atoms. The summed E-state index contributed by atoms with van der Waals surface area (Å²) in [6.07, 6.45) is 2.98. The van der Waals surface area contributed by atoms with Crippen LogP contribution in [0.5, 0.6) is 11.5 Å². The monoisotopic (exact) mass is 642 g/mol. The van der Waals surface area contributed by atoms with Crippen LogP contribution in [-0.4, -0.2) is 45.2 Å². The van der Waals surface area contributed by atoms with Crippen molar-refractivity contribution in [1.82, 2.24) is 15.2 Å². The van der Waals surface area contributed by atoms with Crippen molar-refractivity contribution in [2.45, 2.75) is 30.0 Å². The van der Waals surface area contributed by atoms with Crippen molar-refractivity contribution in [3.63, 3.8) is 0 Å². The van der Waals surface area contributed by atoms with Crippen LogP contribution >= 0.6 is 46.3 Å². The fourth-order valence-electron chi connectivity index (χ4n) is 4.38. The van der Waals surface area contributed by atoms with Gasteiger partial charge >= 0.3 is 5.91 Å². The number of aliphatic hydroxyl groups is 1. The first-order valence-corrected chi connectivity index (χ1v) is 15.4. The van der Waals surface area contributed by atoms with Crippen molar-refractivity contribution >= 4 is 68.9 Å². The zero-order chi connectivity index (χ0) is 29.8. The van der Waals surface area contributed by atoms with Gasteiger partial charge in [0.2, 0.25) is 5.13 Å². The fourth-order valence-corrected chi connectivity index (χ4v) is 6.81. The molecule has 2 aromatic carbocycles. The van der Waals surface area contributed by atoms with Crippen LogP contribution in [0.25, 0.3) is 5.76 Å². The summed E-state index contributed by atoms with van der Waals surface area (Å²) in [6.45, 7) is 4.50. The number of aromatic nitrogens is 3. The number of amides is 1. The van der Waals surface area contributed by atoms with Gasteiger partial charge in [-0.1, -0.05) is 58.4 Å². The topological polar surface area (TPSA) is 115 Å². The second-order valence-corrected chi connectivity index (χ2v) is 11.9. The Morgan fingerprint density at radius 2 is 1.74 bits per heavy atom. The van der Waals surface area contributed by atoms with Crippen molar-refractivity contribution in [3.05, 3.63) is 93.2 Å². The van der Waals surface area contributed by atoms with Gasteiger partial charge in [-0.15, -0.1) is 10.2 Å². The highest BCUT2D eigenvalue weighted by Crippen LogP contribution is 2.45. The van der Waals surface area contributed by atoms with Crippen molar-refractivity contribution < 1.29 is 24.2 Å².